The van der Waals surface area contributed by atoms with Gasteiger partial charge in [0.15, 0.2) is 0 Å². The molecule has 1 heterocycles. The zero-order valence-corrected chi connectivity index (χ0v) is 13.7. The first-order chi connectivity index (χ1) is 9.72. The number of hydrogen-bond acceptors (Lipinski definition) is 5. The molecule has 0 saturated heterocycles. The summed E-state index contributed by atoms with van der Waals surface area (Å²) in [5.41, 5.74) is -0.168. The monoisotopic (exact) mass is 294 g/mol. The minimum atomic E-state index is -0.594. The lowest BCUT2D eigenvalue weighted by Crippen LogP contribution is -2.52. The van der Waals surface area contributed by atoms with E-state index in [1.54, 1.807) is 0 Å². The normalized spacial score (nSPS) is 18.0. The number of nitrogens with one attached hydrogen (secondary N) is 1. The van der Waals surface area contributed by atoms with Crippen LogP contribution in [0.4, 0.5) is 0 Å². The molecule has 5 nitrogen and oxygen atoms in total. The van der Waals surface area contributed by atoms with Crippen LogP contribution in [0.3, 0.4) is 0 Å². The van der Waals surface area contributed by atoms with Crippen LogP contribution in [-0.2, 0) is 16.1 Å². The van der Waals surface area contributed by atoms with Gasteiger partial charge < -0.3 is 9.15 Å². The fraction of sp³-hybridized carbons (Fsp3) is 0.750. The number of carbonyl (C=O) groups is 1. The van der Waals surface area contributed by atoms with E-state index in [0.717, 1.165) is 37.1 Å². The lowest BCUT2D eigenvalue weighted by molar-refractivity contribution is -0.163. The third-order valence-electron chi connectivity index (χ3n) is 3.90. The number of nitrogens with zero attached hydrogens (tertiary/aromatic N) is 1. The number of oxazole rings is 1. The molecule has 0 spiro atoms. The van der Waals surface area contributed by atoms with Crippen molar-refractivity contribution in [2.45, 2.75) is 78.0 Å². The van der Waals surface area contributed by atoms with Gasteiger partial charge in [-0.25, -0.2) is 4.98 Å². The largest absolute Gasteiger partial charge is 0.459 e. The van der Waals surface area contributed by atoms with E-state index in [0.29, 0.717) is 12.4 Å². The van der Waals surface area contributed by atoms with Crippen molar-refractivity contribution in [1.29, 1.82) is 0 Å². The number of esters is 1. The number of aryl methyl sites for hydroxylation is 2. The summed E-state index contributed by atoms with van der Waals surface area (Å²) in [6, 6.07) is 0. The minimum absolute atomic E-state index is 0.160. The van der Waals surface area contributed by atoms with Crippen molar-refractivity contribution >= 4 is 5.97 Å². The lowest BCUT2D eigenvalue weighted by Gasteiger charge is -2.31. The van der Waals surface area contributed by atoms with Gasteiger partial charge in [0.25, 0.3) is 0 Å². The molecule has 0 amide bonds. The van der Waals surface area contributed by atoms with Crippen LogP contribution in [0.2, 0.25) is 0 Å². The Morgan fingerprint density at radius 2 is 1.95 bits per heavy atom. The van der Waals surface area contributed by atoms with E-state index in [1.807, 2.05) is 34.6 Å². The van der Waals surface area contributed by atoms with Crippen molar-refractivity contribution in [3.05, 3.63) is 17.3 Å². The SMILES string of the molecule is Cc1nc(CNC2(C(=O)OC(C)(C)C)CCCC2)oc1C. The van der Waals surface area contributed by atoms with Crippen LogP contribution in [0, 0.1) is 13.8 Å². The second-order valence-corrected chi connectivity index (χ2v) is 6.89. The lowest BCUT2D eigenvalue weighted by atomic mass is 9.97. The zero-order valence-electron chi connectivity index (χ0n) is 13.7. The Balaban J connectivity index is 2.06. The molecule has 21 heavy (non-hydrogen) atoms. The highest BCUT2D eigenvalue weighted by Gasteiger charge is 2.43. The Labute approximate surface area is 126 Å². The van der Waals surface area contributed by atoms with Gasteiger partial charge in [-0.3, -0.25) is 10.1 Å². The average molecular weight is 294 g/mol. The third-order valence-corrected chi connectivity index (χ3v) is 3.90. The summed E-state index contributed by atoms with van der Waals surface area (Å²) in [7, 11) is 0. The maximum Gasteiger partial charge on any atom is 0.326 e. The van der Waals surface area contributed by atoms with Gasteiger partial charge in [-0.1, -0.05) is 12.8 Å². The van der Waals surface area contributed by atoms with Gasteiger partial charge in [-0.2, -0.15) is 0 Å². The molecular formula is C16H26N2O3. The van der Waals surface area contributed by atoms with Crippen LogP contribution in [0.5, 0.6) is 0 Å². The molecule has 1 N–H and O–H groups in total. The zero-order chi connectivity index (χ0) is 15.7. The van der Waals surface area contributed by atoms with Gasteiger partial charge in [0.05, 0.1) is 12.2 Å². The van der Waals surface area contributed by atoms with E-state index in [4.69, 9.17) is 9.15 Å². The Kier molecular flexibility index (Phi) is 4.42. The fourth-order valence-electron chi connectivity index (χ4n) is 2.67. The Morgan fingerprint density at radius 3 is 2.43 bits per heavy atom. The fourth-order valence-corrected chi connectivity index (χ4v) is 2.67. The number of carbonyl (C=O) groups excluding carboxylic acids is 1. The maximum atomic E-state index is 12.5. The first kappa shape index (κ1) is 16.0. The molecular weight excluding hydrogens is 268 g/mol. The van der Waals surface area contributed by atoms with Crippen LogP contribution in [-0.4, -0.2) is 22.1 Å². The summed E-state index contributed by atoms with van der Waals surface area (Å²) in [4.78, 5) is 16.9. The molecule has 1 aliphatic carbocycles. The number of rotatable bonds is 4. The molecule has 2 rings (SSSR count). The molecule has 0 atom stereocenters. The molecule has 5 heteroatoms. The molecule has 0 unspecified atom stereocenters. The van der Waals surface area contributed by atoms with Gasteiger partial charge in [-0.15, -0.1) is 0 Å². The van der Waals surface area contributed by atoms with Crippen LogP contribution in [0.1, 0.15) is 63.8 Å². The van der Waals surface area contributed by atoms with Gasteiger partial charge in [0, 0.05) is 0 Å². The molecule has 1 fully saturated rings. The molecule has 1 aliphatic rings. The number of hydrogen-bond donors (Lipinski definition) is 1. The molecule has 1 aromatic rings. The molecule has 1 saturated carbocycles. The first-order valence-electron chi connectivity index (χ1n) is 7.63. The summed E-state index contributed by atoms with van der Waals surface area (Å²) in [5.74, 6) is 1.29. The van der Waals surface area contributed by atoms with Crippen LogP contribution >= 0.6 is 0 Å². The Bertz CT molecular complexity index is 489. The summed E-state index contributed by atoms with van der Waals surface area (Å²) in [5, 5.41) is 3.34. The predicted molar refractivity (Wildman–Crippen MR) is 79.9 cm³/mol. The summed E-state index contributed by atoms with van der Waals surface area (Å²) < 4.78 is 11.2. The van der Waals surface area contributed by atoms with E-state index in [-0.39, 0.29) is 5.97 Å². The quantitative estimate of drug-likeness (QED) is 0.865. The van der Waals surface area contributed by atoms with Gasteiger partial charge in [0.1, 0.15) is 16.9 Å². The van der Waals surface area contributed by atoms with E-state index in [2.05, 4.69) is 10.3 Å². The highest BCUT2D eigenvalue weighted by atomic mass is 16.6. The van der Waals surface area contributed by atoms with E-state index in [1.165, 1.54) is 0 Å². The molecule has 0 aromatic carbocycles. The van der Waals surface area contributed by atoms with Crippen molar-refractivity contribution in [2.75, 3.05) is 0 Å². The van der Waals surface area contributed by atoms with Crippen molar-refractivity contribution in [2.24, 2.45) is 0 Å². The minimum Gasteiger partial charge on any atom is -0.459 e. The van der Waals surface area contributed by atoms with E-state index < -0.39 is 11.1 Å². The van der Waals surface area contributed by atoms with Crippen molar-refractivity contribution < 1.29 is 13.9 Å². The summed E-state index contributed by atoms with van der Waals surface area (Å²) in [6.45, 7) is 9.96. The highest BCUT2D eigenvalue weighted by Crippen LogP contribution is 2.32. The second-order valence-electron chi connectivity index (χ2n) is 6.89. The molecule has 1 aromatic heterocycles. The maximum absolute atomic E-state index is 12.5. The standard InChI is InChI=1S/C16H26N2O3/c1-11-12(2)20-13(18-11)10-17-16(8-6-7-9-16)14(19)21-15(3,4)5/h17H,6-10H2,1-5H3. The first-order valence-corrected chi connectivity index (χ1v) is 7.63. The third kappa shape index (κ3) is 3.84. The van der Waals surface area contributed by atoms with Gasteiger partial charge >= 0.3 is 5.97 Å². The Morgan fingerprint density at radius 1 is 1.33 bits per heavy atom. The van der Waals surface area contributed by atoms with Crippen LogP contribution < -0.4 is 5.32 Å². The smallest absolute Gasteiger partial charge is 0.326 e. The van der Waals surface area contributed by atoms with E-state index in [9.17, 15) is 4.79 Å². The highest BCUT2D eigenvalue weighted by molar-refractivity contribution is 5.81. The summed E-state index contributed by atoms with van der Waals surface area (Å²) in [6.07, 6.45) is 3.69. The molecule has 118 valence electrons. The topological polar surface area (TPSA) is 64.4 Å². The van der Waals surface area contributed by atoms with Gasteiger partial charge in [0.2, 0.25) is 5.89 Å². The molecule has 0 radical (unpaired) electrons. The predicted octanol–water partition coefficient (Wildman–Crippen LogP) is 3.04. The van der Waals surface area contributed by atoms with Crippen LogP contribution in [0.25, 0.3) is 0 Å². The Hall–Kier alpha value is -1.36. The molecule has 0 aliphatic heterocycles. The van der Waals surface area contributed by atoms with E-state index >= 15 is 0 Å². The number of ether oxygens (including phenoxy) is 1. The van der Waals surface area contributed by atoms with Crippen molar-refractivity contribution in [3.63, 3.8) is 0 Å². The van der Waals surface area contributed by atoms with Crippen molar-refractivity contribution in [1.82, 2.24) is 10.3 Å². The van der Waals surface area contributed by atoms with Crippen LogP contribution in [0.15, 0.2) is 4.42 Å². The summed E-state index contributed by atoms with van der Waals surface area (Å²) >= 11 is 0. The second kappa shape index (κ2) is 5.79. The number of aromatic nitrogens is 1. The molecule has 0 bridgehead atoms. The average Bonchev–Trinajstić information content (AvgIpc) is 2.94. The van der Waals surface area contributed by atoms with Crippen molar-refractivity contribution in [3.8, 4) is 0 Å². The van der Waals surface area contributed by atoms with Gasteiger partial charge in [-0.05, 0) is 47.5 Å².